The lowest BCUT2D eigenvalue weighted by molar-refractivity contribution is 0.251. The molecular formula is C39H77N. The van der Waals surface area contributed by atoms with Crippen LogP contribution < -0.4 is 0 Å². The van der Waals surface area contributed by atoms with Crippen LogP contribution in [0.2, 0.25) is 0 Å². The van der Waals surface area contributed by atoms with Crippen molar-refractivity contribution in [3.8, 4) is 0 Å². The summed E-state index contributed by atoms with van der Waals surface area (Å²) < 4.78 is 0. The fourth-order valence-corrected chi connectivity index (χ4v) is 5.92. The maximum absolute atomic E-state index is 2.50. The van der Waals surface area contributed by atoms with Crippen LogP contribution in [0.3, 0.4) is 0 Å². The van der Waals surface area contributed by atoms with Crippen LogP contribution >= 0.6 is 0 Å². The van der Waals surface area contributed by atoms with Gasteiger partial charge in [0, 0.05) is 6.04 Å². The summed E-state index contributed by atoms with van der Waals surface area (Å²) in [6.07, 6.45) is 51.9. The van der Waals surface area contributed by atoms with Crippen LogP contribution in [0.5, 0.6) is 0 Å². The highest BCUT2D eigenvalue weighted by Gasteiger charge is 2.10. The van der Waals surface area contributed by atoms with Crippen molar-refractivity contribution in [1.29, 1.82) is 0 Å². The SMILES string of the molecule is CCCCCCCC/C=C\CCCCCCCCC(CCCCCCCC/C=C\CCCCCCCC)N(C)C. The molecule has 0 fully saturated rings. The molecular weight excluding hydrogens is 482 g/mol. The smallest absolute Gasteiger partial charge is 0.00891 e. The lowest BCUT2D eigenvalue weighted by Gasteiger charge is -2.24. The van der Waals surface area contributed by atoms with E-state index in [4.69, 9.17) is 0 Å². The summed E-state index contributed by atoms with van der Waals surface area (Å²) >= 11 is 0. The molecule has 0 saturated heterocycles. The Hall–Kier alpha value is -0.560. The number of hydrogen-bond acceptors (Lipinski definition) is 1. The first-order valence-electron chi connectivity index (χ1n) is 18.7. The molecule has 0 rings (SSSR count). The van der Waals surface area contributed by atoms with Gasteiger partial charge in [0.1, 0.15) is 0 Å². The molecule has 1 nitrogen and oxygen atoms in total. The molecule has 0 aromatic carbocycles. The summed E-state index contributed by atoms with van der Waals surface area (Å²) in [5.41, 5.74) is 0. The molecule has 0 aliphatic rings. The largest absolute Gasteiger partial charge is 0.306 e. The van der Waals surface area contributed by atoms with E-state index >= 15 is 0 Å². The maximum atomic E-state index is 2.50. The maximum Gasteiger partial charge on any atom is 0.00891 e. The second-order valence-electron chi connectivity index (χ2n) is 13.1. The molecule has 0 N–H and O–H groups in total. The minimum absolute atomic E-state index is 0.800. The van der Waals surface area contributed by atoms with E-state index in [0.29, 0.717) is 0 Å². The van der Waals surface area contributed by atoms with Crippen LogP contribution in [0.1, 0.15) is 206 Å². The van der Waals surface area contributed by atoms with Gasteiger partial charge in [0.15, 0.2) is 0 Å². The van der Waals surface area contributed by atoms with E-state index in [9.17, 15) is 0 Å². The highest BCUT2D eigenvalue weighted by molar-refractivity contribution is 4.82. The van der Waals surface area contributed by atoms with Crippen molar-refractivity contribution in [3.05, 3.63) is 24.3 Å². The summed E-state index contributed by atoms with van der Waals surface area (Å²) in [7, 11) is 4.59. The summed E-state index contributed by atoms with van der Waals surface area (Å²) in [6, 6.07) is 0.800. The van der Waals surface area contributed by atoms with Crippen LogP contribution in [0.15, 0.2) is 24.3 Å². The zero-order valence-corrected chi connectivity index (χ0v) is 28.5. The molecule has 0 heterocycles. The van der Waals surface area contributed by atoms with Gasteiger partial charge in [-0.15, -0.1) is 0 Å². The number of rotatable bonds is 33. The summed E-state index contributed by atoms with van der Waals surface area (Å²) in [4.78, 5) is 2.50. The van der Waals surface area contributed by atoms with Gasteiger partial charge >= 0.3 is 0 Å². The van der Waals surface area contributed by atoms with E-state index in [1.807, 2.05) is 0 Å². The van der Waals surface area contributed by atoms with Gasteiger partial charge in [0.2, 0.25) is 0 Å². The van der Waals surface area contributed by atoms with E-state index in [1.165, 1.54) is 193 Å². The molecule has 40 heavy (non-hydrogen) atoms. The highest BCUT2D eigenvalue weighted by Crippen LogP contribution is 2.18. The third-order valence-electron chi connectivity index (χ3n) is 8.83. The molecule has 0 spiro atoms. The highest BCUT2D eigenvalue weighted by atomic mass is 15.1. The van der Waals surface area contributed by atoms with E-state index in [-0.39, 0.29) is 0 Å². The van der Waals surface area contributed by atoms with Crippen LogP contribution in [0.4, 0.5) is 0 Å². The fourth-order valence-electron chi connectivity index (χ4n) is 5.92. The van der Waals surface area contributed by atoms with E-state index < -0.39 is 0 Å². The van der Waals surface area contributed by atoms with Crippen molar-refractivity contribution in [1.82, 2.24) is 4.90 Å². The predicted octanol–water partition coefficient (Wildman–Crippen LogP) is 13.8. The number of unbranched alkanes of at least 4 members (excludes halogenated alkanes) is 24. The first kappa shape index (κ1) is 39.4. The molecule has 0 aromatic rings. The Balaban J connectivity index is 3.46. The van der Waals surface area contributed by atoms with Gasteiger partial charge in [-0.1, -0.05) is 167 Å². The normalized spacial score (nSPS) is 12.2. The average molecular weight is 560 g/mol. The molecule has 238 valence electrons. The van der Waals surface area contributed by atoms with Crippen molar-refractivity contribution >= 4 is 0 Å². The lowest BCUT2D eigenvalue weighted by Crippen LogP contribution is -2.27. The van der Waals surface area contributed by atoms with Gasteiger partial charge in [-0.3, -0.25) is 0 Å². The van der Waals surface area contributed by atoms with Crippen LogP contribution in [0, 0.1) is 0 Å². The Labute approximate surface area is 255 Å². The third-order valence-corrected chi connectivity index (χ3v) is 8.83. The first-order chi connectivity index (χ1) is 19.7. The van der Waals surface area contributed by atoms with Gasteiger partial charge in [-0.2, -0.15) is 0 Å². The van der Waals surface area contributed by atoms with Crippen molar-refractivity contribution in [2.75, 3.05) is 14.1 Å². The Morgan fingerprint density at radius 1 is 0.350 bits per heavy atom. The van der Waals surface area contributed by atoms with E-state index in [0.717, 1.165) is 6.04 Å². The number of nitrogens with zero attached hydrogens (tertiary/aromatic N) is 1. The van der Waals surface area contributed by atoms with Crippen molar-refractivity contribution in [2.24, 2.45) is 0 Å². The summed E-state index contributed by atoms with van der Waals surface area (Å²) in [5.74, 6) is 0. The van der Waals surface area contributed by atoms with Crippen molar-refractivity contribution in [3.63, 3.8) is 0 Å². The topological polar surface area (TPSA) is 3.24 Å². The van der Waals surface area contributed by atoms with Gasteiger partial charge in [0.05, 0.1) is 0 Å². The fraction of sp³-hybridized carbons (Fsp3) is 0.897. The average Bonchev–Trinajstić information content (AvgIpc) is 2.95. The molecule has 0 radical (unpaired) electrons. The summed E-state index contributed by atoms with van der Waals surface area (Å²) in [5, 5.41) is 0. The Kier molecular flexibility index (Phi) is 34.2. The van der Waals surface area contributed by atoms with Gasteiger partial charge in [-0.05, 0) is 78.3 Å². The molecule has 0 amide bonds. The van der Waals surface area contributed by atoms with Crippen LogP contribution in [-0.4, -0.2) is 25.0 Å². The van der Waals surface area contributed by atoms with E-state index in [2.05, 4.69) is 57.1 Å². The van der Waals surface area contributed by atoms with Gasteiger partial charge < -0.3 is 4.90 Å². The summed E-state index contributed by atoms with van der Waals surface area (Å²) in [6.45, 7) is 4.59. The molecule has 0 atom stereocenters. The monoisotopic (exact) mass is 560 g/mol. The minimum Gasteiger partial charge on any atom is -0.306 e. The zero-order valence-electron chi connectivity index (χ0n) is 28.5. The third kappa shape index (κ3) is 32.0. The first-order valence-corrected chi connectivity index (χ1v) is 18.7. The number of hydrogen-bond donors (Lipinski definition) is 0. The Morgan fingerprint density at radius 3 is 0.875 bits per heavy atom. The van der Waals surface area contributed by atoms with E-state index in [1.54, 1.807) is 0 Å². The molecule has 0 aromatic heterocycles. The quantitative estimate of drug-likeness (QED) is 0.0571. The molecule has 0 saturated carbocycles. The molecule has 0 aliphatic carbocycles. The van der Waals surface area contributed by atoms with Crippen molar-refractivity contribution < 1.29 is 0 Å². The van der Waals surface area contributed by atoms with Crippen LogP contribution in [0.25, 0.3) is 0 Å². The van der Waals surface area contributed by atoms with Gasteiger partial charge in [-0.25, -0.2) is 0 Å². The van der Waals surface area contributed by atoms with Crippen molar-refractivity contribution in [2.45, 2.75) is 213 Å². The molecule has 1 heteroatoms. The second kappa shape index (κ2) is 34.6. The standard InChI is InChI=1S/C39H77N/c1-5-7-9-11-13-15-17-19-21-23-25-27-29-31-33-35-37-39(40(3)4)38-36-34-32-30-28-26-24-22-20-18-16-14-12-10-8-6-2/h19-22,39H,5-18,23-38H2,1-4H3/b21-19-,22-20-. The van der Waals surface area contributed by atoms with Gasteiger partial charge in [0.25, 0.3) is 0 Å². The minimum atomic E-state index is 0.800. The molecule has 0 aliphatic heterocycles. The molecule has 0 unspecified atom stereocenters. The lowest BCUT2D eigenvalue weighted by atomic mass is 9.99. The molecule has 0 bridgehead atoms. The Bertz CT molecular complexity index is 463. The Morgan fingerprint density at radius 2 is 0.600 bits per heavy atom. The second-order valence-corrected chi connectivity index (χ2v) is 13.1. The predicted molar refractivity (Wildman–Crippen MR) is 186 cm³/mol. The number of allylic oxidation sites excluding steroid dienone is 4. The van der Waals surface area contributed by atoms with Crippen LogP contribution in [-0.2, 0) is 0 Å². The zero-order chi connectivity index (χ0) is 29.2.